The van der Waals surface area contributed by atoms with Gasteiger partial charge in [-0.3, -0.25) is 9.59 Å². The number of hydrogen-bond acceptors (Lipinski definition) is 6. The van der Waals surface area contributed by atoms with Gasteiger partial charge >= 0.3 is 5.97 Å². The number of esters is 1. The molecule has 0 saturated carbocycles. The molecule has 3 aromatic rings. The van der Waals surface area contributed by atoms with Crippen LogP contribution in [-0.4, -0.2) is 55.7 Å². The molecule has 0 unspecified atom stereocenters. The van der Waals surface area contributed by atoms with Crippen molar-refractivity contribution in [2.75, 3.05) is 33.9 Å². The third-order valence-electron chi connectivity index (χ3n) is 5.47. The molecule has 0 spiro atoms. The average Bonchev–Trinajstić information content (AvgIpc) is 2.90. The standard InChI is InChI=1S/C27H30N2O6/c1-33-17-16-29(15-9-14-20-10-5-3-6-11-20)26(31)23-25(35-19-21-12-7-4-8-13-21)24(30)22(18-28-23)27(32)34-2/h3-8,10-13,18H,9,14-17,19H2,1-2H3,(H,28,30). The maximum atomic E-state index is 13.5. The van der Waals surface area contributed by atoms with E-state index < -0.39 is 17.3 Å². The minimum Gasteiger partial charge on any atom is -0.483 e. The van der Waals surface area contributed by atoms with Crippen LogP contribution in [0.25, 0.3) is 0 Å². The first-order chi connectivity index (χ1) is 17.0. The topological polar surface area (TPSA) is 97.9 Å². The van der Waals surface area contributed by atoms with Crippen LogP contribution in [0.4, 0.5) is 0 Å². The molecule has 0 aliphatic rings. The number of ether oxygens (including phenoxy) is 3. The Morgan fingerprint density at radius 3 is 2.20 bits per heavy atom. The fourth-order valence-corrected chi connectivity index (χ4v) is 3.59. The van der Waals surface area contributed by atoms with E-state index in [2.05, 4.69) is 4.98 Å². The van der Waals surface area contributed by atoms with E-state index >= 15 is 0 Å². The van der Waals surface area contributed by atoms with E-state index in [0.717, 1.165) is 18.4 Å². The van der Waals surface area contributed by atoms with Gasteiger partial charge in [-0.05, 0) is 24.0 Å². The molecule has 0 fully saturated rings. The predicted molar refractivity (Wildman–Crippen MR) is 132 cm³/mol. The van der Waals surface area contributed by atoms with Crippen LogP contribution in [0.3, 0.4) is 0 Å². The Balaban J connectivity index is 1.87. The van der Waals surface area contributed by atoms with E-state index in [1.165, 1.54) is 18.9 Å². The first-order valence-electron chi connectivity index (χ1n) is 11.4. The third-order valence-corrected chi connectivity index (χ3v) is 5.47. The Morgan fingerprint density at radius 1 is 0.914 bits per heavy atom. The first-order valence-corrected chi connectivity index (χ1v) is 11.4. The molecule has 1 N–H and O–H groups in total. The normalized spacial score (nSPS) is 10.6. The molecule has 0 aliphatic heterocycles. The summed E-state index contributed by atoms with van der Waals surface area (Å²) in [5, 5.41) is 0. The summed E-state index contributed by atoms with van der Waals surface area (Å²) in [6.45, 7) is 1.18. The van der Waals surface area contributed by atoms with Crippen molar-refractivity contribution in [3.05, 3.63) is 99.5 Å². The van der Waals surface area contributed by atoms with Crippen molar-refractivity contribution in [1.82, 2.24) is 9.88 Å². The molecule has 0 radical (unpaired) electrons. The summed E-state index contributed by atoms with van der Waals surface area (Å²) in [5.74, 6) is -1.44. The minimum atomic E-state index is -0.811. The SMILES string of the molecule is COCCN(CCCc1ccccc1)C(=O)c1[nH]cc(C(=O)OC)c(=O)c1OCc1ccccc1. The maximum Gasteiger partial charge on any atom is 0.343 e. The van der Waals surface area contributed by atoms with Gasteiger partial charge < -0.3 is 24.1 Å². The van der Waals surface area contributed by atoms with E-state index in [-0.39, 0.29) is 23.6 Å². The Labute approximate surface area is 204 Å². The minimum absolute atomic E-state index is 0.0191. The second-order valence-electron chi connectivity index (χ2n) is 7.88. The highest BCUT2D eigenvalue weighted by atomic mass is 16.5. The Morgan fingerprint density at radius 2 is 1.57 bits per heavy atom. The molecule has 8 nitrogen and oxygen atoms in total. The number of H-pyrrole nitrogens is 1. The zero-order valence-electron chi connectivity index (χ0n) is 20.0. The lowest BCUT2D eigenvalue weighted by molar-refractivity contribution is 0.0595. The highest BCUT2D eigenvalue weighted by molar-refractivity contribution is 5.97. The van der Waals surface area contributed by atoms with Crippen molar-refractivity contribution in [3.8, 4) is 5.75 Å². The highest BCUT2D eigenvalue weighted by Crippen LogP contribution is 2.18. The van der Waals surface area contributed by atoms with Crippen molar-refractivity contribution in [1.29, 1.82) is 0 Å². The van der Waals surface area contributed by atoms with Crippen molar-refractivity contribution in [3.63, 3.8) is 0 Å². The van der Waals surface area contributed by atoms with Gasteiger partial charge in [0.05, 0.1) is 13.7 Å². The Bertz CT molecular complexity index is 1160. The van der Waals surface area contributed by atoms with Crippen LogP contribution in [0.2, 0.25) is 0 Å². The largest absolute Gasteiger partial charge is 0.483 e. The average molecular weight is 479 g/mol. The van der Waals surface area contributed by atoms with E-state index in [4.69, 9.17) is 14.2 Å². The molecule has 8 heteroatoms. The molecule has 1 amide bonds. The number of carbonyl (C=O) groups is 2. The number of aromatic nitrogens is 1. The monoisotopic (exact) mass is 478 g/mol. The number of carbonyl (C=O) groups excluding carboxylic acids is 2. The summed E-state index contributed by atoms with van der Waals surface area (Å²) in [6.07, 6.45) is 2.71. The third kappa shape index (κ3) is 7.04. The van der Waals surface area contributed by atoms with Crippen LogP contribution in [0.1, 0.15) is 38.4 Å². The van der Waals surface area contributed by atoms with Gasteiger partial charge in [0.1, 0.15) is 12.2 Å². The highest BCUT2D eigenvalue weighted by Gasteiger charge is 2.26. The molecular weight excluding hydrogens is 448 g/mol. The van der Waals surface area contributed by atoms with Crippen molar-refractivity contribution >= 4 is 11.9 Å². The Kier molecular flexibility index (Phi) is 9.62. The quantitative estimate of drug-likeness (QED) is 0.401. The molecular formula is C27H30N2O6. The van der Waals surface area contributed by atoms with Crippen LogP contribution in [0.15, 0.2) is 71.7 Å². The van der Waals surface area contributed by atoms with Crippen LogP contribution < -0.4 is 10.2 Å². The number of aromatic amines is 1. The van der Waals surface area contributed by atoms with Gasteiger partial charge in [0, 0.05) is 26.4 Å². The summed E-state index contributed by atoms with van der Waals surface area (Å²) >= 11 is 0. The van der Waals surface area contributed by atoms with E-state index in [0.29, 0.717) is 19.7 Å². The Hall–Kier alpha value is -3.91. The van der Waals surface area contributed by atoms with Gasteiger partial charge in [0.25, 0.3) is 5.91 Å². The number of aryl methyl sites for hydroxylation is 1. The summed E-state index contributed by atoms with van der Waals surface area (Å²) < 4.78 is 15.7. The predicted octanol–water partition coefficient (Wildman–Crippen LogP) is 3.46. The molecule has 0 aliphatic carbocycles. The molecule has 35 heavy (non-hydrogen) atoms. The van der Waals surface area contributed by atoms with Gasteiger partial charge in [-0.25, -0.2) is 4.79 Å². The van der Waals surface area contributed by atoms with Gasteiger partial charge in [-0.15, -0.1) is 0 Å². The van der Waals surface area contributed by atoms with E-state index in [9.17, 15) is 14.4 Å². The summed E-state index contributed by atoms with van der Waals surface area (Å²) in [5.41, 5.74) is 1.03. The molecule has 0 atom stereocenters. The summed E-state index contributed by atoms with van der Waals surface area (Å²) in [6, 6.07) is 19.2. The lowest BCUT2D eigenvalue weighted by Gasteiger charge is -2.23. The lowest BCUT2D eigenvalue weighted by Crippen LogP contribution is -2.37. The smallest absolute Gasteiger partial charge is 0.343 e. The van der Waals surface area contributed by atoms with Crippen LogP contribution >= 0.6 is 0 Å². The molecule has 2 aromatic carbocycles. The van der Waals surface area contributed by atoms with Gasteiger partial charge in [0.2, 0.25) is 5.43 Å². The zero-order valence-corrected chi connectivity index (χ0v) is 20.0. The first kappa shape index (κ1) is 25.7. The molecule has 0 bridgehead atoms. The van der Waals surface area contributed by atoms with Gasteiger partial charge in [0.15, 0.2) is 11.4 Å². The maximum absolute atomic E-state index is 13.5. The zero-order chi connectivity index (χ0) is 25.0. The van der Waals surface area contributed by atoms with E-state index in [1.54, 1.807) is 12.0 Å². The fraction of sp³-hybridized carbons (Fsp3) is 0.296. The second kappa shape index (κ2) is 13.1. The van der Waals surface area contributed by atoms with Crippen LogP contribution in [-0.2, 0) is 22.5 Å². The van der Waals surface area contributed by atoms with Gasteiger partial charge in [-0.1, -0.05) is 60.7 Å². The molecule has 0 saturated heterocycles. The second-order valence-corrected chi connectivity index (χ2v) is 7.88. The molecule has 184 valence electrons. The van der Waals surface area contributed by atoms with Crippen molar-refractivity contribution < 1.29 is 23.8 Å². The number of hydrogen-bond donors (Lipinski definition) is 1. The number of nitrogens with one attached hydrogen (secondary N) is 1. The van der Waals surface area contributed by atoms with Crippen molar-refractivity contribution in [2.45, 2.75) is 19.4 Å². The van der Waals surface area contributed by atoms with Crippen LogP contribution in [0.5, 0.6) is 5.75 Å². The number of nitrogens with zero attached hydrogens (tertiary/aromatic N) is 1. The van der Waals surface area contributed by atoms with Crippen molar-refractivity contribution in [2.24, 2.45) is 0 Å². The van der Waals surface area contributed by atoms with Gasteiger partial charge in [-0.2, -0.15) is 0 Å². The molecule has 1 aromatic heterocycles. The lowest BCUT2D eigenvalue weighted by atomic mass is 10.1. The van der Waals surface area contributed by atoms with Crippen LogP contribution in [0, 0.1) is 0 Å². The fourth-order valence-electron chi connectivity index (χ4n) is 3.59. The summed E-state index contributed by atoms with van der Waals surface area (Å²) in [4.78, 5) is 43.1. The summed E-state index contributed by atoms with van der Waals surface area (Å²) in [7, 11) is 2.75. The molecule has 1 heterocycles. The number of benzene rings is 2. The number of methoxy groups -OCH3 is 2. The molecule has 3 rings (SSSR count). The number of amides is 1. The van der Waals surface area contributed by atoms with E-state index in [1.807, 2.05) is 60.7 Å². The number of pyridine rings is 1. The number of rotatable bonds is 12.